The molecule has 17 aromatic rings. The van der Waals surface area contributed by atoms with Crippen LogP contribution in [0.3, 0.4) is 0 Å². The maximum Gasteiger partial charge on any atom is 0.252 e. The van der Waals surface area contributed by atoms with Crippen molar-refractivity contribution < 1.29 is 0 Å². The summed E-state index contributed by atoms with van der Waals surface area (Å²) in [7, 11) is 0. The summed E-state index contributed by atoms with van der Waals surface area (Å²) in [4.78, 5) is 10.2. The zero-order chi connectivity index (χ0) is 65.5. The molecule has 0 atom stereocenters. The summed E-state index contributed by atoms with van der Waals surface area (Å²) in [6, 6.07) is 136. The van der Waals surface area contributed by atoms with Gasteiger partial charge in [-0.05, 0) is 224 Å². The SMILES string of the molecule is c1ccc(-c2c3ccccc3c(-c3cc4c5c(c3)N(c3ccc(-c6cccc(N7c8ccccc8B8c9ccccc9N(c9ccccc9)c9cc(-c%10c%11ccccc%11cc%11ccccc%10%11)cc7c98)c6)cc3)c3ccccc3B5c3ccccc3N4c3ccccc3)c3ccccc23)cc1. The van der Waals surface area contributed by atoms with Crippen LogP contribution in [-0.2, 0) is 0 Å². The van der Waals surface area contributed by atoms with E-state index in [1.807, 2.05) is 0 Å². The van der Waals surface area contributed by atoms with Gasteiger partial charge in [-0.2, -0.15) is 0 Å². The summed E-state index contributed by atoms with van der Waals surface area (Å²) in [5.41, 5.74) is 31.1. The first kappa shape index (κ1) is 56.3. The zero-order valence-corrected chi connectivity index (χ0v) is 54.6. The normalized spacial score (nSPS) is 13.1. The molecule has 0 radical (unpaired) electrons. The van der Waals surface area contributed by atoms with E-state index in [-0.39, 0.29) is 13.4 Å². The van der Waals surface area contributed by atoms with Crippen LogP contribution >= 0.6 is 0 Å². The minimum absolute atomic E-state index is 0.0146. The molecule has 0 aromatic heterocycles. The van der Waals surface area contributed by atoms with Gasteiger partial charge >= 0.3 is 0 Å². The van der Waals surface area contributed by atoms with Gasteiger partial charge in [0.05, 0.1) is 0 Å². The van der Waals surface area contributed by atoms with Crippen molar-refractivity contribution in [2.45, 2.75) is 0 Å². The van der Waals surface area contributed by atoms with Gasteiger partial charge < -0.3 is 19.6 Å². The van der Waals surface area contributed by atoms with Crippen LogP contribution in [0.1, 0.15) is 0 Å². The fraction of sp³-hybridized carbons (Fsp3) is 0. The smallest absolute Gasteiger partial charge is 0.252 e. The number of hydrogen-bond donors (Lipinski definition) is 0. The largest absolute Gasteiger partial charge is 0.311 e. The molecule has 462 valence electrons. The fourth-order valence-electron chi connectivity index (χ4n) is 17.7. The zero-order valence-electron chi connectivity index (χ0n) is 54.6. The Morgan fingerprint density at radius 1 is 0.170 bits per heavy atom. The maximum atomic E-state index is 2.56. The van der Waals surface area contributed by atoms with Gasteiger partial charge in [-0.25, -0.2) is 0 Å². The van der Waals surface area contributed by atoms with Crippen molar-refractivity contribution in [2.75, 3.05) is 19.6 Å². The van der Waals surface area contributed by atoms with Crippen molar-refractivity contribution in [3.05, 3.63) is 364 Å². The lowest BCUT2D eigenvalue weighted by molar-refractivity contribution is 1.25. The van der Waals surface area contributed by atoms with E-state index in [1.165, 1.54) is 149 Å². The van der Waals surface area contributed by atoms with Crippen LogP contribution in [-0.4, -0.2) is 13.4 Å². The molecule has 21 rings (SSSR count). The van der Waals surface area contributed by atoms with Gasteiger partial charge in [-0.3, -0.25) is 0 Å². The molecule has 100 heavy (non-hydrogen) atoms. The Morgan fingerprint density at radius 3 is 0.890 bits per heavy atom. The molecular formula is C94H60B2N4. The number of hydrogen-bond acceptors (Lipinski definition) is 4. The highest BCUT2D eigenvalue weighted by Crippen LogP contribution is 2.52. The van der Waals surface area contributed by atoms with Crippen molar-refractivity contribution >= 4 is 158 Å². The Bertz CT molecular complexity index is 6100. The van der Waals surface area contributed by atoms with Gasteiger partial charge in [0.1, 0.15) is 0 Å². The molecule has 0 unspecified atom stereocenters. The van der Waals surface area contributed by atoms with Crippen LogP contribution in [0, 0.1) is 0 Å². The summed E-state index contributed by atoms with van der Waals surface area (Å²) in [5, 5.41) is 9.82. The van der Waals surface area contributed by atoms with Crippen molar-refractivity contribution in [3.8, 4) is 44.5 Å². The number of benzene rings is 17. The van der Waals surface area contributed by atoms with E-state index < -0.39 is 0 Å². The highest BCUT2D eigenvalue weighted by molar-refractivity contribution is 7.01. The molecule has 0 saturated carbocycles. The monoisotopic (exact) mass is 1270 g/mol. The maximum absolute atomic E-state index is 2.56. The number of anilines is 12. The molecule has 4 nitrogen and oxygen atoms in total. The summed E-state index contributed by atoms with van der Waals surface area (Å²) in [6.07, 6.45) is 0. The van der Waals surface area contributed by atoms with Crippen LogP contribution in [0.4, 0.5) is 68.2 Å². The molecule has 17 aromatic carbocycles. The van der Waals surface area contributed by atoms with Crippen molar-refractivity contribution in [1.29, 1.82) is 0 Å². The number of nitrogens with zero attached hydrogens (tertiary/aromatic N) is 4. The van der Waals surface area contributed by atoms with Crippen LogP contribution in [0.15, 0.2) is 364 Å². The Labute approximate surface area is 582 Å². The second-order valence-electron chi connectivity index (χ2n) is 27.0. The third kappa shape index (κ3) is 8.44. The molecule has 0 fully saturated rings. The molecule has 0 saturated heterocycles. The molecule has 0 spiro atoms. The molecule has 0 N–H and O–H groups in total. The highest BCUT2D eigenvalue weighted by atomic mass is 15.2. The molecule has 4 aliphatic heterocycles. The minimum atomic E-state index is -0.0253. The average Bonchev–Trinajstić information content (AvgIpc) is 0.701. The van der Waals surface area contributed by atoms with Gasteiger partial charge in [0.2, 0.25) is 0 Å². The third-order valence-electron chi connectivity index (χ3n) is 21.7. The second kappa shape index (κ2) is 22.3. The van der Waals surface area contributed by atoms with E-state index in [9.17, 15) is 0 Å². The Balaban J connectivity index is 0.757. The lowest BCUT2D eigenvalue weighted by atomic mass is 9.33. The molecule has 0 amide bonds. The van der Waals surface area contributed by atoms with Crippen LogP contribution in [0.2, 0.25) is 0 Å². The molecule has 4 aliphatic rings. The predicted octanol–water partition coefficient (Wildman–Crippen LogP) is 21.1. The first-order valence-corrected chi connectivity index (χ1v) is 34.8. The van der Waals surface area contributed by atoms with Crippen LogP contribution < -0.4 is 52.4 Å². The topological polar surface area (TPSA) is 13.0 Å². The van der Waals surface area contributed by atoms with E-state index >= 15 is 0 Å². The lowest BCUT2D eigenvalue weighted by Crippen LogP contribution is -2.61. The van der Waals surface area contributed by atoms with E-state index in [4.69, 9.17) is 0 Å². The molecular weight excluding hydrogens is 1210 g/mol. The lowest BCUT2D eigenvalue weighted by Gasteiger charge is -2.44. The number of para-hydroxylation sites is 6. The van der Waals surface area contributed by atoms with E-state index in [0.29, 0.717) is 0 Å². The van der Waals surface area contributed by atoms with Crippen molar-refractivity contribution in [3.63, 3.8) is 0 Å². The van der Waals surface area contributed by atoms with Gasteiger partial charge in [0.15, 0.2) is 0 Å². The van der Waals surface area contributed by atoms with E-state index in [0.717, 1.165) is 39.4 Å². The van der Waals surface area contributed by atoms with Gasteiger partial charge in [0.25, 0.3) is 13.4 Å². The first-order valence-electron chi connectivity index (χ1n) is 34.8. The standard InChI is InChI=1S/C94H60B2N4/c1-4-27-62(28-5-1)90-74-39-14-16-41-76(74)92(77-42-17-15-40-75(77)90)67-59-87-93-88(60-67)99(84-49-24-20-45-80(84)95(93)78-43-18-22-47-82(78)98(87)69-34-8-3-9-35-69)70-53-51-61(52-54-70)63-31-26-36-71(56-63)100-85-50-25-21-46-81(85)96-79-44-19-23-48-83(79)97(68-32-6-2-7-33-68)86-57-66(58-89(100)94(86)96)91-72-37-12-10-29-64(72)55-65-30-11-13-38-73(65)91/h1-60H. The summed E-state index contributed by atoms with van der Waals surface area (Å²) in [6.45, 7) is -0.0400. The van der Waals surface area contributed by atoms with Crippen molar-refractivity contribution in [2.24, 2.45) is 0 Å². The van der Waals surface area contributed by atoms with Gasteiger partial charge in [0, 0.05) is 68.2 Å². The summed E-state index contributed by atoms with van der Waals surface area (Å²) < 4.78 is 0. The third-order valence-corrected chi connectivity index (χ3v) is 21.7. The van der Waals surface area contributed by atoms with E-state index in [1.54, 1.807) is 0 Å². The fourth-order valence-corrected chi connectivity index (χ4v) is 17.7. The summed E-state index contributed by atoms with van der Waals surface area (Å²) in [5.74, 6) is 0. The molecule has 0 aliphatic carbocycles. The summed E-state index contributed by atoms with van der Waals surface area (Å²) >= 11 is 0. The van der Waals surface area contributed by atoms with E-state index in [2.05, 4.69) is 384 Å². The average molecular weight is 1270 g/mol. The molecule has 4 heterocycles. The number of fused-ring (bicyclic) bond motifs is 12. The van der Waals surface area contributed by atoms with Crippen LogP contribution in [0.5, 0.6) is 0 Å². The molecule has 6 heteroatoms. The Kier molecular flexibility index (Phi) is 12.6. The Hall–Kier alpha value is -12.9. The van der Waals surface area contributed by atoms with Gasteiger partial charge in [-0.1, -0.05) is 261 Å². The predicted molar refractivity (Wildman–Crippen MR) is 426 cm³/mol. The number of rotatable bonds is 8. The van der Waals surface area contributed by atoms with Crippen molar-refractivity contribution in [1.82, 2.24) is 0 Å². The highest BCUT2D eigenvalue weighted by Gasteiger charge is 2.46. The quantitative estimate of drug-likeness (QED) is 0.111. The Morgan fingerprint density at radius 2 is 0.470 bits per heavy atom. The van der Waals surface area contributed by atoms with Gasteiger partial charge in [-0.15, -0.1) is 0 Å². The molecule has 0 bridgehead atoms. The minimum Gasteiger partial charge on any atom is -0.311 e. The first-order chi connectivity index (χ1) is 49.7. The second-order valence-corrected chi connectivity index (χ2v) is 27.0. The van der Waals surface area contributed by atoms with Crippen LogP contribution in [0.25, 0.3) is 87.6 Å².